The van der Waals surface area contributed by atoms with Crippen molar-refractivity contribution in [3.8, 4) is 0 Å². The molecule has 0 spiro atoms. The summed E-state index contributed by atoms with van der Waals surface area (Å²) < 4.78 is 8.96. The number of hydrogen-bond donors (Lipinski definition) is 0. The van der Waals surface area contributed by atoms with Crippen LogP contribution in [0.3, 0.4) is 0 Å². The summed E-state index contributed by atoms with van der Waals surface area (Å²) in [6, 6.07) is 0. The summed E-state index contributed by atoms with van der Waals surface area (Å²) in [6.45, 7) is 11.6. The summed E-state index contributed by atoms with van der Waals surface area (Å²) >= 11 is -2.97. The van der Waals surface area contributed by atoms with Crippen molar-refractivity contribution >= 4 is 40.9 Å². The third-order valence-electron chi connectivity index (χ3n) is 5.25. The van der Waals surface area contributed by atoms with Crippen LogP contribution in [-0.2, 0) is 17.1 Å². The van der Waals surface area contributed by atoms with Gasteiger partial charge in [0.25, 0.3) is 0 Å². The summed E-state index contributed by atoms with van der Waals surface area (Å²) in [7, 11) is 0. The van der Waals surface area contributed by atoms with E-state index in [0.717, 1.165) is 0 Å². The first-order chi connectivity index (χ1) is 8.13. The van der Waals surface area contributed by atoms with E-state index in [2.05, 4.69) is 56.1 Å². The van der Waals surface area contributed by atoms with Crippen molar-refractivity contribution in [1.82, 2.24) is 0 Å². The summed E-state index contributed by atoms with van der Waals surface area (Å²) in [5, 5.41) is 0. The number of rotatable bonds is 2. The molecule has 0 fully saturated rings. The molecule has 0 N–H and O–H groups in total. The van der Waals surface area contributed by atoms with Crippen LogP contribution in [0.25, 0.3) is 0 Å². The van der Waals surface area contributed by atoms with Gasteiger partial charge in [0.15, 0.2) is 0 Å². The quantitative estimate of drug-likeness (QED) is 0.363. The Balaban J connectivity index is 0.00000180. The van der Waals surface area contributed by atoms with Gasteiger partial charge in [-0.2, -0.15) is 0 Å². The van der Waals surface area contributed by atoms with Crippen LogP contribution in [0.15, 0.2) is 41.1 Å². The molecule has 0 aromatic rings. The van der Waals surface area contributed by atoms with Crippen LogP contribution in [0.1, 0.15) is 40.5 Å². The SMILES string of the molecule is Br.Br.CC1=CC[C]([Hf]([CH3])([CH3])(=[SiH2])[C]2=C(C)C(C)=CC2)=C1C. The number of halogens is 2. The molecule has 114 valence electrons. The Labute approximate surface area is 147 Å². The van der Waals surface area contributed by atoms with Crippen LogP contribution in [0.5, 0.6) is 0 Å². The Morgan fingerprint density at radius 3 is 1.30 bits per heavy atom. The molecule has 0 saturated carbocycles. The minimum absolute atomic E-state index is 0. The van der Waals surface area contributed by atoms with Crippen molar-refractivity contribution in [2.45, 2.75) is 49.9 Å². The molecule has 4 heteroatoms. The van der Waals surface area contributed by atoms with Crippen molar-refractivity contribution in [2.75, 3.05) is 0 Å². The van der Waals surface area contributed by atoms with Crippen LogP contribution in [0.4, 0.5) is 0 Å². The zero-order valence-corrected chi connectivity index (χ0v) is 22.0. The molecular formula is C16H28Br2HfSi. The molecule has 2 aliphatic carbocycles. The maximum atomic E-state index is 2.65. The Morgan fingerprint density at radius 2 is 1.10 bits per heavy atom. The van der Waals surface area contributed by atoms with Gasteiger partial charge in [-0.1, -0.05) is 0 Å². The van der Waals surface area contributed by atoms with Gasteiger partial charge < -0.3 is 0 Å². The second-order valence-electron chi connectivity index (χ2n) is 7.08. The molecule has 0 aromatic heterocycles. The molecule has 0 heterocycles. The summed E-state index contributed by atoms with van der Waals surface area (Å²) in [5.74, 6) is 0. The van der Waals surface area contributed by atoms with Crippen molar-refractivity contribution in [2.24, 2.45) is 0 Å². The first kappa shape index (κ1) is 21.0. The maximum absolute atomic E-state index is 2.97. The Bertz CT molecular complexity index is 564. The molecule has 0 amide bonds. The first-order valence-corrected chi connectivity index (χ1v) is 26.1. The van der Waals surface area contributed by atoms with Gasteiger partial charge >= 0.3 is 115 Å². The molecule has 0 nitrogen and oxygen atoms in total. The first-order valence-electron chi connectivity index (χ1n) is 6.95. The zero-order valence-electron chi connectivity index (χ0n) is 13.6. The minimum atomic E-state index is -2.97. The molecule has 0 aliphatic heterocycles. The van der Waals surface area contributed by atoms with E-state index in [1.807, 2.05) is 6.66 Å². The van der Waals surface area contributed by atoms with Crippen LogP contribution in [0, 0.1) is 0 Å². The van der Waals surface area contributed by atoms with Crippen molar-refractivity contribution in [1.29, 1.82) is 0 Å². The van der Waals surface area contributed by atoms with E-state index in [-0.39, 0.29) is 34.0 Å². The molecule has 0 atom stereocenters. The summed E-state index contributed by atoms with van der Waals surface area (Å²) in [4.78, 5) is 0. The van der Waals surface area contributed by atoms with Crippen molar-refractivity contribution < 1.29 is 17.1 Å². The molecule has 0 bridgehead atoms. The number of hydrogen-bond acceptors (Lipinski definition) is 0. The van der Waals surface area contributed by atoms with Gasteiger partial charge in [0.2, 0.25) is 0 Å². The molecule has 0 saturated heterocycles. The molecule has 20 heavy (non-hydrogen) atoms. The fourth-order valence-corrected chi connectivity index (χ4v) is 27.1. The van der Waals surface area contributed by atoms with Gasteiger partial charge in [-0.05, 0) is 0 Å². The molecule has 0 unspecified atom stereocenters. The predicted octanol–water partition coefficient (Wildman–Crippen LogP) is 5.72. The summed E-state index contributed by atoms with van der Waals surface area (Å²) in [5.41, 5.74) is 6.25. The second-order valence-corrected chi connectivity index (χ2v) is 48.1. The second kappa shape index (κ2) is 6.63. The molecular weight excluding hydrogens is 559 g/mol. The standard InChI is InChI=1S/2C7H9.2CH3.2BrH.Hf.H2Si/c2*1-6-4-3-5-7(6)2;;;;;;/h2*4H,3H2,1-2H3;2*1H3;2*1H;;1H2. The Kier molecular flexibility index (Phi) is 6.97. The normalized spacial score (nSPS) is 19.6. The average Bonchev–Trinajstić information content (AvgIpc) is 2.74. The monoisotopic (exact) mass is 586 g/mol. The van der Waals surface area contributed by atoms with Crippen molar-refractivity contribution in [3.63, 3.8) is 0 Å². The van der Waals surface area contributed by atoms with Gasteiger partial charge in [0, 0.05) is 0 Å². The van der Waals surface area contributed by atoms with Gasteiger partial charge in [-0.15, -0.1) is 34.0 Å². The van der Waals surface area contributed by atoms with Gasteiger partial charge in [0.1, 0.15) is 0 Å². The third-order valence-corrected chi connectivity index (χ3v) is 30.3. The van der Waals surface area contributed by atoms with Gasteiger partial charge in [-0.25, -0.2) is 0 Å². The fourth-order valence-electron chi connectivity index (χ4n) is 3.64. The van der Waals surface area contributed by atoms with E-state index in [1.165, 1.54) is 24.0 Å². The predicted molar refractivity (Wildman–Crippen MR) is 103 cm³/mol. The zero-order chi connectivity index (χ0) is 13.7. The van der Waals surface area contributed by atoms with Crippen LogP contribution >= 0.6 is 34.0 Å². The fraction of sp³-hybridized carbons (Fsp3) is 0.500. The number of allylic oxidation sites excluding steroid dienone is 8. The molecule has 0 aromatic carbocycles. The van der Waals surface area contributed by atoms with E-state index >= 15 is 0 Å². The Morgan fingerprint density at radius 1 is 0.800 bits per heavy atom. The van der Waals surface area contributed by atoms with E-state index < -0.39 is 17.1 Å². The van der Waals surface area contributed by atoms with Crippen molar-refractivity contribution in [3.05, 3.63) is 41.1 Å². The molecule has 0 radical (unpaired) electrons. The van der Waals surface area contributed by atoms with Crippen LogP contribution < -0.4 is 0 Å². The molecule has 2 rings (SSSR count). The third kappa shape index (κ3) is 3.33. The molecule has 2 aliphatic rings. The van der Waals surface area contributed by atoms with E-state index in [0.29, 0.717) is 0 Å². The average molecular weight is 587 g/mol. The topological polar surface area (TPSA) is 0 Å². The van der Waals surface area contributed by atoms with E-state index in [1.54, 1.807) is 11.1 Å². The summed E-state index contributed by atoms with van der Waals surface area (Å²) in [6.07, 6.45) is 7.32. The van der Waals surface area contributed by atoms with E-state index in [4.69, 9.17) is 0 Å². The van der Waals surface area contributed by atoms with E-state index in [9.17, 15) is 0 Å². The van der Waals surface area contributed by atoms with Gasteiger partial charge in [0.05, 0.1) is 0 Å². The van der Waals surface area contributed by atoms with Crippen LogP contribution in [0.2, 0.25) is 9.36 Å². The Hall–Kier alpha value is 1.01. The van der Waals surface area contributed by atoms with Crippen LogP contribution in [-0.4, -0.2) is 6.94 Å². The van der Waals surface area contributed by atoms with Gasteiger partial charge in [-0.3, -0.25) is 0 Å².